The van der Waals surface area contributed by atoms with E-state index in [1.54, 1.807) is 11.8 Å². The Morgan fingerprint density at radius 3 is 2.55 bits per heavy atom. The van der Waals surface area contributed by atoms with E-state index in [0.717, 1.165) is 72.7 Å². The Balaban J connectivity index is 0.00000231. The molecule has 1 aromatic heterocycles. The number of aromatic nitrogens is 1. The number of aryl methyl sites for hydroxylation is 1. The van der Waals surface area contributed by atoms with E-state index in [2.05, 4.69) is 34.1 Å². The SMILES string of the molecule is Cl.O=C(c1ccc2[nH]c(=O)c3c(c2c1)CCSC3)N1CCN(Cc2ccccc2)CC1. The second-order valence-corrected chi connectivity index (χ2v) is 9.13. The summed E-state index contributed by atoms with van der Waals surface area (Å²) in [5.74, 6) is 1.86. The van der Waals surface area contributed by atoms with Crippen LogP contribution in [0.5, 0.6) is 0 Å². The van der Waals surface area contributed by atoms with Crippen LogP contribution in [-0.2, 0) is 18.7 Å². The van der Waals surface area contributed by atoms with Gasteiger partial charge in [0.05, 0.1) is 0 Å². The number of hydrogen-bond donors (Lipinski definition) is 1. The van der Waals surface area contributed by atoms with Crippen LogP contribution in [0.2, 0.25) is 0 Å². The molecule has 3 heterocycles. The molecule has 3 aromatic rings. The number of fused-ring (bicyclic) bond motifs is 3. The predicted octanol–water partition coefficient (Wildman–Crippen LogP) is 3.70. The Hall–Kier alpha value is -2.28. The highest BCUT2D eigenvalue weighted by molar-refractivity contribution is 7.98. The smallest absolute Gasteiger partial charge is 0.253 e. The van der Waals surface area contributed by atoms with Crippen LogP contribution >= 0.6 is 24.2 Å². The molecule has 1 saturated heterocycles. The number of carbonyl (C=O) groups is 1. The fraction of sp³-hybridized carbons (Fsp3) is 0.333. The third-order valence-electron chi connectivity index (χ3n) is 6.13. The van der Waals surface area contributed by atoms with Crippen molar-refractivity contribution >= 4 is 41.0 Å². The lowest BCUT2D eigenvalue weighted by molar-refractivity contribution is 0.0628. The van der Waals surface area contributed by atoms with Crippen LogP contribution in [0.15, 0.2) is 53.3 Å². The summed E-state index contributed by atoms with van der Waals surface area (Å²) < 4.78 is 0. The summed E-state index contributed by atoms with van der Waals surface area (Å²) in [6.45, 7) is 4.17. The summed E-state index contributed by atoms with van der Waals surface area (Å²) in [6.07, 6.45) is 0.885. The highest BCUT2D eigenvalue weighted by Crippen LogP contribution is 2.28. The van der Waals surface area contributed by atoms with Crippen molar-refractivity contribution in [1.82, 2.24) is 14.8 Å². The van der Waals surface area contributed by atoms with Crippen molar-refractivity contribution in [2.24, 2.45) is 0 Å². The van der Waals surface area contributed by atoms with E-state index in [1.165, 1.54) is 5.56 Å². The van der Waals surface area contributed by atoms with Crippen molar-refractivity contribution in [2.45, 2.75) is 18.7 Å². The lowest BCUT2D eigenvalue weighted by Crippen LogP contribution is -2.48. The molecule has 2 aromatic carbocycles. The van der Waals surface area contributed by atoms with Gasteiger partial charge >= 0.3 is 0 Å². The highest BCUT2D eigenvalue weighted by Gasteiger charge is 2.23. The first-order valence-corrected chi connectivity index (χ1v) is 11.7. The summed E-state index contributed by atoms with van der Waals surface area (Å²) in [6, 6.07) is 16.2. The van der Waals surface area contributed by atoms with Crippen molar-refractivity contribution in [3.8, 4) is 0 Å². The number of rotatable bonds is 3. The lowest BCUT2D eigenvalue weighted by Gasteiger charge is -2.35. The molecule has 0 saturated carbocycles. The zero-order valence-electron chi connectivity index (χ0n) is 17.3. The van der Waals surface area contributed by atoms with E-state index in [9.17, 15) is 9.59 Å². The van der Waals surface area contributed by atoms with Crippen molar-refractivity contribution in [1.29, 1.82) is 0 Å². The molecule has 0 radical (unpaired) electrons. The molecule has 5 nitrogen and oxygen atoms in total. The molecule has 31 heavy (non-hydrogen) atoms. The van der Waals surface area contributed by atoms with Gasteiger partial charge in [0.25, 0.3) is 11.5 Å². The standard InChI is InChI=1S/C24H25N3O2S.ClH/c28-23-21-16-30-13-8-19(21)20-14-18(6-7-22(20)25-23)24(29)27-11-9-26(10-12-27)15-17-4-2-1-3-5-17;/h1-7,14H,8-13,15-16H2,(H,25,28);1H. The third-order valence-corrected chi connectivity index (χ3v) is 7.12. The first-order valence-electron chi connectivity index (χ1n) is 10.5. The highest BCUT2D eigenvalue weighted by atomic mass is 35.5. The molecule has 0 spiro atoms. The third kappa shape index (κ3) is 4.52. The fourth-order valence-electron chi connectivity index (χ4n) is 4.45. The van der Waals surface area contributed by atoms with Crippen LogP contribution in [-0.4, -0.2) is 52.6 Å². The van der Waals surface area contributed by atoms with Gasteiger partial charge in [-0.3, -0.25) is 14.5 Å². The molecule has 162 valence electrons. The van der Waals surface area contributed by atoms with E-state index in [0.29, 0.717) is 5.56 Å². The minimum absolute atomic E-state index is 0. The maximum absolute atomic E-state index is 13.2. The van der Waals surface area contributed by atoms with E-state index in [-0.39, 0.29) is 23.9 Å². The van der Waals surface area contributed by atoms with Crippen molar-refractivity contribution in [3.63, 3.8) is 0 Å². The number of pyridine rings is 1. The van der Waals surface area contributed by atoms with E-state index >= 15 is 0 Å². The second-order valence-electron chi connectivity index (χ2n) is 8.03. The zero-order chi connectivity index (χ0) is 20.5. The maximum Gasteiger partial charge on any atom is 0.253 e. The first-order chi connectivity index (χ1) is 14.7. The first kappa shape index (κ1) is 21.9. The van der Waals surface area contributed by atoms with Gasteiger partial charge < -0.3 is 9.88 Å². The Morgan fingerprint density at radius 1 is 1.00 bits per heavy atom. The number of aromatic amines is 1. The van der Waals surface area contributed by atoms with E-state index in [4.69, 9.17) is 0 Å². The number of nitrogens with one attached hydrogen (secondary N) is 1. The fourth-order valence-corrected chi connectivity index (χ4v) is 5.46. The van der Waals surface area contributed by atoms with Crippen LogP contribution in [0.4, 0.5) is 0 Å². The van der Waals surface area contributed by atoms with E-state index in [1.807, 2.05) is 29.2 Å². The molecule has 0 unspecified atom stereocenters. The Morgan fingerprint density at radius 2 is 1.77 bits per heavy atom. The Kier molecular flexibility index (Phi) is 6.70. The van der Waals surface area contributed by atoms with Crippen LogP contribution in [0, 0.1) is 0 Å². The summed E-state index contributed by atoms with van der Waals surface area (Å²) in [5.41, 5.74) is 4.86. The van der Waals surface area contributed by atoms with E-state index < -0.39 is 0 Å². The Labute approximate surface area is 192 Å². The van der Waals surface area contributed by atoms with Crippen molar-refractivity contribution < 1.29 is 4.79 Å². The molecule has 1 amide bonds. The minimum atomic E-state index is 0. The van der Waals surface area contributed by atoms with Gasteiger partial charge in [0.1, 0.15) is 0 Å². The average Bonchev–Trinajstić information content (AvgIpc) is 2.80. The summed E-state index contributed by atoms with van der Waals surface area (Å²) in [4.78, 5) is 32.9. The Bertz CT molecular complexity index is 1140. The molecule has 0 bridgehead atoms. The van der Waals surface area contributed by atoms with Crippen molar-refractivity contribution in [2.75, 3.05) is 31.9 Å². The number of hydrogen-bond acceptors (Lipinski definition) is 4. The number of halogens is 1. The van der Waals surface area contributed by atoms with Gasteiger partial charge in [-0.1, -0.05) is 30.3 Å². The lowest BCUT2D eigenvalue weighted by atomic mass is 9.99. The predicted molar refractivity (Wildman–Crippen MR) is 129 cm³/mol. The van der Waals surface area contributed by atoms with Crippen LogP contribution in [0.25, 0.3) is 10.9 Å². The minimum Gasteiger partial charge on any atom is -0.336 e. The summed E-state index contributed by atoms with van der Waals surface area (Å²) in [7, 11) is 0. The number of amides is 1. The van der Waals surface area contributed by atoms with Crippen LogP contribution in [0.1, 0.15) is 27.0 Å². The topological polar surface area (TPSA) is 56.4 Å². The molecule has 1 N–H and O–H groups in total. The van der Waals surface area contributed by atoms with Crippen molar-refractivity contribution in [3.05, 3.63) is 81.1 Å². The normalized spacial score (nSPS) is 16.6. The summed E-state index contributed by atoms with van der Waals surface area (Å²) >= 11 is 1.79. The van der Waals surface area contributed by atoms with Gasteiger partial charge in [-0.15, -0.1) is 12.4 Å². The monoisotopic (exact) mass is 455 g/mol. The molecular weight excluding hydrogens is 430 g/mol. The van der Waals surface area contributed by atoms with Gasteiger partial charge in [-0.25, -0.2) is 0 Å². The molecule has 0 atom stereocenters. The maximum atomic E-state index is 13.2. The average molecular weight is 456 g/mol. The second kappa shape index (κ2) is 9.47. The number of H-pyrrole nitrogens is 1. The van der Waals surface area contributed by atoms with Gasteiger partial charge in [0.15, 0.2) is 0 Å². The molecule has 1 fully saturated rings. The summed E-state index contributed by atoms with van der Waals surface area (Å²) in [5, 5.41) is 1.03. The number of thioether (sulfide) groups is 1. The van der Waals surface area contributed by atoms with Crippen LogP contribution in [0.3, 0.4) is 0 Å². The molecular formula is C24H26ClN3O2S. The van der Waals surface area contributed by atoms with Gasteiger partial charge in [-0.05, 0) is 41.5 Å². The largest absolute Gasteiger partial charge is 0.336 e. The number of benzene rings is 2. The van der Waals surface area contributed by atoms with Crippen LogP contribution < -0.4 is 5.56 Å². The molecule has 5 rings (SSSR count). The number of piperazine rings is 1. The number of carbonyl (C=O) groups excluding carboxylic acids is 1. The van der Waals surface area contributed by atoms with Gasteiger partial charge in [-0.2, -0.15) is 11.8 Å². The van der Waals surface area contributed by atoms with Gasteiger partial charge in [0, 0.05) is 60.5 Å². The number of nitrogens with zero attached hydrogens (tertiary/aromatic N) is 2. The molecule has 7 heteroatoms. The molecule has 2 aliphatic heterocycles. The molecule has 0 aliphatic carbocycles. The quantitative estimate of drug-likeness (QED) is 0.654. The zero-order valence-corrected chi connectivity index (χ0v) is 18.9. The van der Waals surface area contributed by atoms with Gasteiger partial charge in [0.2, 0.25) is 0 Å². The molecule has 2 aliphatic rings.